The largest absolute Gasteiger partial charge is 0.475 e. The number of aryl methyl sites for hydroxylation is 1. The lowest BCUT2D eigenvalue weighted by atomic mass is 9.94. The molecule has 2 aliphatic heterocycles. The van der Waals surface area contributed by atoms with Gasteiger partial charge in [0.2, 0.25) is 5.91 Å². The molecule has 0 saturated carbocycles. The molecule has 0 radical (unpaired) electrons. The summed E-state index contributed by atoms with van der Waals surface area (Å²) in [4.78, 5) is 39.2. The Balaban J connectivity index is 1.12. The third-order valence-electron chi connectivity index (χ3n) is 8.74. The minimum absolute atomic E-state index is 0.00171. The third-order valence-corrected chi connectivity index (χ3v) is 9.05. The number of aromatic nitrogens is 3. The predicted molar refractivity (Wildman–Crippen MR) is 176 cm³/mol. The Morgan fingerprint density at radius 1 is 1.15 bits per heavy atom. The van der Waals surface area contributed by atoms with Gasteiger partial charge in [0.15, 0.2) is 23.0 Å². The molecule has 1 atom stereocenters. The smallest absolute Gasteiger partial charge is 0.254 e. The van der Waals surface area contributed by atoms with Crippen molar-refractivity contribution in [1.82, 2.24) is 34.8 Å². The second-order valence-electron chi connectivity index (χ2n) is 11.9. The number of rotatable bonds is 9. The number of carbonyl (C=O) groups is 2. The highest BCUT2D eigenvalue weighted by Gasteiger charge is 2.33. The number of imidazole rings is 1. The number of hydrogen-bond acceptors (Lipinski definition) is 9. The van der Waals surface area contributed by atoms with Crippen molar-refractivity contribution in [3.8, 4) is 17.0 Å². The number of fused-ring (bicyclic) bond motifs is 1. The molecule has 4 aromatic rings. The fraction of sp³-hybridized carbons (Fsp3) is 0.394. The number of carbonyl (C=O) groups excluding carboxylic acids is 2. The van der Waals surface area contributed by atoms with Crippen molar-refractivity contribution >= 4 is 40.6 Å². The van der Waals surface area contributed by atoms with E-state index in [1.807, 2.05) is 28.9 Å². The molecule has 2 aromatic heterocycles. The molecule has 2 saturated heterocycles. The fourth-order valence-electron chi connectivity index (χ4n) is 6.22. The maximum Gasteiger partial charge on any atom is 0.254 e. The predicted octanol–water partition coefficient (Wildman–Crippen LogP) is 3.44. The van der Waals surface area contributed by atoms with Crippen LogP contribution in [0.3, 0.4) is 0 Å². The molecule has 4 heterocycles. The normalized spacial score (nSPS) is 17.3. The Bertz CT molecular complexity index is 1780. The number of amides is 2. The van der Waals surface area contributed by atoms with Gasteiger partial charge in [-0.1, -0.05) is 11.6 Å². The maximum atomic E-state index is 14.8. The van der Waals surface area contributed by atoms with E-state index in [1.165, 1.54) is 12.1 Å². The van der Waals surface area contributed by atoms with Crippen LogP contribution >= 0.6 is 11.6 Å². The van der Waals surface area contributed by atoms with E-state index in [9.17, 15) is 19.1 Å². The number of anilines is 2. The quantitative estimate of drug-likeness (QED) is 0.199. The first kappa shape index (κ1) is 32.6. The van der Waals surface area contributed by atoms with Gasteiger partial charge in [0, 0.05) is 80.0 Å². The van der Waals surface area contributed by atoms with Crippen LogP contribution < -0.4 is 20.7 Å². The number of likely N-dealkylation sites (tertiary alicyclic amines) is 1. The molecule has 4 N–H and O–H groups in total. The SMILES string of the molecule is CNCOc1cc(Cl)c(-c2cnc3c(Nc4ccc(C(=O)N5CCC(C(=O)N6CCNC(CO)C6)CC5)c(C)c4)nccn23)cc1F. The lowest BCUT2D eigenvalue weighted by Crippen LogP contribution is -2.56. The molecule has 14 heteroatoms. The van der Waals surface area contributed by atoms with Crippen LogP contribution in [-0.4, -0.2) is 100 Å². The summed E-state index contributed by atoms with van der Waals surface area (Å²) in [6.45, 7) is 4.87. The molecule has 2 aliphatic rings. The number of nitrogens with zero attached hydrogens (tertiary/aromatic N) is 5. The standard InChI is InChI=1S/C33H38ClFN8O4/c1-20-13-22(3-4-24(20)33(46)41-9-5-21(6-10-41)32(45)42-11-7-37-23(17-42)18-44)40-30-31-39-16-28(43(31)12-8-38-30)25-14-27(35)29(15-26(25)34)47-19-36-2/h3-4,8,12-16,21,23,36-37,44H,5-7,9-11,17-19H2,1-2H3,(H,38,40). The summed E-state index contributed by atoms with van der Waals surface area (Å²) in [5, 5.41) is 19.1. The van der Waals surface area contributed by atoms with Crippen molar-refractivity contribution < 1.29 is 23.8 Å². The number of hydrogen-bond donors (Lipinski definition) is 4. The van der Waals surface area contributed by atoms with E-state index in [2.05, 4.69) is 25.9 Å². The number of ether oxygens (including phenoxy) is 1. The summed E-state index contributed by atoms with van der Waals surface area (Å²) in [7, 11) is 1.70. The van der Waals surface area contributed by atoms with Crippen LogP contribution in [0, 0.1) is 18.7 Å². The van der Waals surface area contributed by atoms with Gasteiger partial charge in [-0.25, -0.2) is 14.4 Å². The molecule has 0 spiro atoms. The van der Waals surface area contributed by atoms with E-state index >= 15 is 0 Å². The number of aliphatic hydroxyl groups is 1. The van der Waals surface area contributed by atoms with Crippen LogP contribution in [0.1, 0.15) is 28.8 Å². The number of piperazine rings is 1. The van der Waals surface area contributed by atoms with E-state index in [1.54, 1.807) is 36.1 Å². The van der Waals surface area contributed by atoms with Crippen LogP contribution in [0.25, 0.3) is 16.9 Å². The summed E-state index contributed by atoms with van der Waals surface area (Å²) in [5.74, 6) is -0.0890. The molecule has 248 valence electrons. The summed E-state index contributed by atoms with van der Waals surface area (Å²) in [5.41, 5.74) is 3.67. The highest BCUT2D eigenvalue weighted by Crippen LogP contribution is 2.35. The molecule has 12 nitrogen and oxygen atoms in total. The summed E-state index contributed by atoms with van der Waals surface area (Å²) in [6.07, 6.45) is 6.18. The van der Waals surface area contributed by atoms with Crippen LogP contribution in [-0.2, 0) is 4.79 Å². The van der Waals surface area contributed by atoms with E-state index < -0.39 is 5.82 Å². The zero-order valence-electron chi connectivity index (χ0n) is 26.3. The number of nitrogens with one attached hydrogen (secondary N) is 3. The van der Waals surface area contributed by atoms with Gasteiger partial charge < -0.3 is 30.3 Å². The zero-order chi connectivity index (χ0) is 33.1. The van der Waals surface area contributed by atoms with Gasteiger partial charge in [-0.15, -0.1) is 0 Å². The van der Waals surface area contributed by atoms with Crippen LogP contribution in [0.15, 0.2) is 48.9 Å². The molecule has 0 aliphatic carbocycles. The van der Waals surface area contributed by atoms with Gasteiger partial charge in [0.1, 0.15) is 6.73 Å². The van der Waals surface area contributed by atoms with Gasteiger partial charge in [0.05, 0.1) is 23.5 Å². The second kappa shape index (κ2) is 14.2. The molecule has 6 rings (SSSR count). The highest BCUT2D eigenvalue weighted by molar-refractivity contribution is 6.33. The van der Waals surface area contributed by atoms with Gasteiger partial charge in [-0.05, 0) is 56.6 Å². The Morgan fingerprint density at radius 3 is 2.70 bits per heavy atom. The van der Waals surface area contributed by atoms with Crippen molar-refractivity contribution in [2.45, 2.75) is 25.8 Å². The van der Waals surface area contributed by atoms with Crippen LogP contribution in [0.2, 0.25) is 5.02 Å². The molecular weight excluding hydrogens is 627 g/mol. The van der Waals surface area contributed by atoms with E-state index in [-0.39, 0.29) is 42.9 Å². The topological polar surface area (TPSA) is 136 Å². The summed E-state index contributed by atoms with van der Waals surface area (Å²) >= 11 is 6.52. The maximum absolute atomic E-state index is 14.8. The first-order chi connectivity index (χ1) is 22.8. The molecule has 2 fully saturated rings. The Kier molecular flexibility index (Phi) is 9.87. The Hall–Kier alpha value is -4.30. The number of aliphatic hydroxyl groups excluding tert-OH is 1. The van der Waals surface area contributed by atoms with Gasteiger partial charge >= 0.3 is 0 Å². The average Bonchev–Trinajstić information content (AvgIpc) is 3.53. The minimum Gasteiger partial charge on any atom is -0.475 e. The van der Waals surface area contributed by atoms with Crippen LogP contribution in [0.4, 0.5) is 15.9 Å². The highest BCUT2D eigenvalue weighted by atomic mass is 35.5. The molecular formula is C33H38ClFN8O4. The number of benzene rings is 2. The van der Waals surface area contributed by atoms with Crippen molar-refractivity contribution in [1.29, 1.82) is 0 Å². The molecule has 2 amide bonds. The van der Waals surface area contributed by atoms with Crippen molar-refractivity contribution in [2.24, 2.45) is 5.92 Å². The Labute approximate surface area is 276 Å². The number of halogens is 2. The lowest BCUT2D eigenvalue weighted by molar-refractivity contribution is -0.138. The number of piperidine rings is 1. The fourth-order valence-corrected chi connectivity index (χ4v) is 6.47. The molecule has 1 unspecified atom stereocenters. The monoisotopic (exact) mass is 664 g/mol. The van der Waals surface area contributed by atoms with Crippen molar-refractivity contribution in [3.63, 3.8) is 0 Å². The third kappa shape index (κ3) is 6.89. The zero-order valence-corrected chi connectivity index (χ0v) is 27.1. The van der Waals surface area contributed by atoms with E-state index in [0.29, 0.717) is 78.9 Å². The van der Waals surface area contributed by atoms with Crippen molar-refractivity contribution in [2.75, 3.05) is 58.4 Å². The molecule has 2 aromatic carbocycles. The summed E-state index contributed by atoms with van der Waals surface area (Å²) in [6, 6.07) is 8.18. The first-order valence-corrected chi connectivity index (χ1v) is 16.0. The second-order valence-corrected chi connectivity index (χ2v) is 12.3. The van der Waals surface area contributed by atoms with Crippen LogP contribution in [0.5, 0.6) is 5.75 Å². The first-order valence-electron chi connectivity index (χ1n) is 15.7. The average molecular weight is 665 g/mol. The molecule has 0 bridgehead atoms. The summed E-state index contributed by atoms with van der Waals surface area (Å²) < 4.78 is 21.9. The van der Waals surface area contributed by atoms with Crippen molar-refractivity contribution in [3.05, 3.63) is 70.9 Å². The van der Waals surface area contributed by atoms with E-state index in [4.69, 9.17) is 16.3 Å². The van der Waals surface area contributed by atoms with Gasteiger partial charge in [-0.2, -0.15) is 0 Å². The van der Waals surface area contributed by atoms with Gasteiger partial charge in [-0.3, -0.25) is 19.3 Å². The minimum atomic E-state index is -0.544. The van der Waals surface area contributed by atoms with Gasteiger partial charge in [0.25, 0.3) is 5.91 Å². The Morgan fingerprint density at radius 2 is 1.96 bits per heavy atom. The van der Waals surface area contributed by atoms with E-state index in [0.717, 1.165) is 11.3 Å². The molecule has 47 heavy (non-hydrogen) atoms. The lowest BCUT2D eigenvalue weighted by Gasteiger charge is -2.38.